The highest BCUT2D eigenvalue weighted by atomic mass is 32.2. The molecule has 6 nitrogen and oxygen atoms in total. The number of halogens is 1. The summed E-state index contributed by atoms with van der Waals surface area (Å²) >= 11 is 2.67. The molecular weight excluding hydrogens is 377 g/mol. The van der Waals surface area contributed by atoms with Gasteiger partial charge in [-0.25, -0.2) is 19.0 Å². The SMILES string of the molecule is COC(=O)c1c(SCc2csc(-c3ccc(F)cc3)n2)nc(=O)[nH]c1C. The van der Waals surface area contributed by atoms with Crippen molar-refractivity contribution >= 4 is 29.1 Å². The number of H-pyrrole nitrogens is 1. The average Bonchev–Trinajstić information content (AvgIpc) is 3.08. The molecule has 134 valence electrons. The fourth-order valence-corrected chi connectivity index (χ4v) is 4.14. The molecule has 0 saturated carbocycles. The molecule has 0 aliphatic carbocycles. The van der Waals surface area contributed by atoms with Crippen molar-refractivity contribution in [2.45, 2.75) is 17.7 Å². The van der Waals surface area contributed by atoms with E-state index in [9.17, 15) is 14.0 Å². The number of carbonyl (C=O) groups is 1. The van der Waals surface area contributed by atoms with Crippen molar-refractivity contribution in [2.24, 2.45) is 0 Å². The molecule has 2 aromatic heterocycles. The van der Waals surface area contributed by atoms with Gasteiger partial charge in [0.15, 0.2) is 0 Å². The van der Waals surface area contributed by atoms with Crippen molar-refractivity contribution < 1.29 is 13.9 Å². The van der Waals surface area contributed by atoms with Crippen LogP contribution < -0.4 is 5.69 Å². The van der Waals surface area contributed by atoms with Crippen LogP contribution in [0.3, 0.4) is 0 Å². The first-order chi connectivity index (χ1) is 12.5. The smallest absolute Gasteiger partial charge is 0.346 e. The number of thioether (sulfide) groups is 1. The standard InChI is InChI=1S/C17H14FN3O3S2/c1-9-13(16(22)24-2)15(21-17(23)19-9)26-8-12-7-25-14(20-12)10-3-5-11(18)6-4-10/h3-7H,8H2,1-2H3,(H,19,21,23). The first-order valence-electron chi connectivity index (χ1n) is 7.50. The molecule has 0 fully saturated rings. The van der Waals surface area contributed by atoms with E-state index in [2.05, 4.69) is 15.0 Å². The number of esters is 1. The Labute approximate surface area is 156 Å². The zero-order valence-corrected chi connectivity index (χ0v) is 15.5. The number of aromatic nitrogens is 3. The summed E-state index contributed by atoms with van der Waals surface area (Å²) in [4.78, 5) is 34.5. The van der Waals surface area contributed by atoms with E-state index in [4.69, 9.17) is 4.74 Å². The highest BCUT2D eigenvalue weighted by molar-refractivity contribution is 7.98. The number of nitrogens with zero attached hydrogens (tertiary/aromatic N) is 2. The lowest BCUT2D eigenvalue weighted by atomic mass is 10.2. The Kier molecular flexibility index (Phi) is 5.48. The van der Waals surface area contributed by atoms with E-state index in [0.717, 1.165) is 16.3 Å². The number of aromatic amines is 1. The van der Waals surface area contributed by atoms with Crippen LogP contribution in [0.5, 0.6) is 0 Å². The number of methoxy groups -OCH3 is 1. The van der Waals surface area contributed by atoms with Gasteiger partial charge in [-0.2, -0.15) is 4.98 Å². The second kappa shape index (κ2) is 7.79. The Bertz CT molecular complexity index is 999. The summed E-state index contributed by atoms with van der Waals surface area (Å²) in [5.74, 6) is -0.427. The van der Waals surface area contributed by atoms with E-state index < -0.39 is 11.7 Å². The van der Waals surface area contributed by atoms with E-state index >= 15 is 0 Å². The Morgan fingerprint density at radius 2 is 2.04 bits per heavy atom. The van der Waals surface area contributed by atoms with Crippen molar-refractivity contribution in [3.05, 3.63) is 62.9 Å². The number of hydrogen-bond acceptors (Lipinski definition) is 7. The minimum atomic E-state index is -0.556. The van der Waals surface area contributed by atoms with Crippen molar-refractivity contribution in [3.8, 4) is 10.6 Å². The summed E-state index contributed by atoms with van der Waals surface area (Å²) in [6.45, 7) is 1.62. The zero-order chi connectivity index (χ0) is 18.7. The predicted molar refractivity (Wildman–Crippen MR) is 98.0 cm³/mol. The summed E-state index contributed by atoms with van der Waals surface area (Å²) in [6, 6.07) is 6.11. The first-order valence-corrected chi connectivity index (χ1v) is 9.37. The normalized spacial score (nSPS) is 10.7. The molecule has 3 aromatic rings. The van der Waals surface area contributed by atoms with E-state index in [0.29, 0.717) is 16.5 Å². The van der Waals surface area contributed by atoms with Gasteiger partial charge in [0, 0.05) is 22.4 Å². The third kappa shape index (κ3) is 4.00. The van der Waals surface area contributed by atoms with E-state index in [-0.39, 0.29) is 11.4 Å². The molecule has 0 spiro atoms. The molecule has 0 aliphatic rings. The second-order valence-corrected chi connectivity index (χ2v) is 7.10. The number of hydrogen-bond donors (Lipinski definition) is 1. The molecule has 2 heterocycles. The topological polar surface area (TPSA) is 84.9 Å². The fourth-order valence-electron chi connectivity index (χ4n) is 2.25. The van der Waals surface area contributed by atoms with E-state index in [1.54, 1.807) is 19.1 Å². The molecule has 0 atom stereocenters. The lowest BCUT2D eigenvalue weighted by Crippen LogP contribution is -2.19. The number of nitrogens with one attached hydrogen (secondary N) is 1. The largest absolute Gasteiger partial charge is 0.465 e. The minimum absolute atomic E-state index is 0.242. The molecule has 9 heteroatoms. The Morgan fingerprint density at radius 1 is 1.31 bits per heavy atom. The lowest BCUT2D eigenvalue weighted by molar-refractivity contribution is 0.0594. The molecule has 1 N–H and O–H groups in total. The van der Waals surface area contributed by atoms with Crippen LogP contribution in [0.25, 0.3) is 10.6 Å². The maximum absolute atomic E-state index is 13.0. The van der Waals surface area contributed by atoms with Crippen molar-refractivity contribution in [2.75, 3.05) is 7.11 Å². The number of aryl methyl sites for hydroxylation is 1. The summed E-state index contributed by atoms with van der Waals surface area (Å²) < 4.78 is 17.8. The third-order valence-electron chi connectivity index (χ3n) is 3.48. The van der Waals surface area contributed by atoms with Gasteiger partial charge in [0.05, 0.1) is 12.8 Å². The third-order valence-corrected chi connectivity index (χ3v) is 5.42. The van der Waals surface area contributed by atoms with Gasteiger partial charge in [-0.05, 0) is 31.2 Å². The van der Waals surface area contributed by atoms with Crippen LogP contribution >= 0.6 is 23.1 Å². The molecule has 1 aromatic carbocycles. The van der Waals surface area contributed by atoms with Crippen molar-refractivity contribution in [1.82, 2.24) is 15.0 Å². The molecule has 3 rings (SSSR count). The Hall–Kier alpha value is -2.52. The lowest BCUT2D eigenvalue weighted by Gasteiger charge is -2.08. The van der Waals surface area contributed by atoms with Crippen LogP contribution in [0.2, 0.25) is 0 Å². The predicted octanol–water partition coefficient (Wildman–Crippen LogP) is 3.42. The highest BCUT2D eigenvalue weighted by Gasteiger charge is 2.19. The van der Waals surface area contributed by atoms with E-state index in [1.165, 1.54) is 42.3 Å². The van der Waals surface area contributed by atoms with Gasteiger partial charge in [0.25, 0.3) is 0 Å². The highest BCUT2D eigenvalue weighted by Crippen LogP contribution is 2.29. The average molecular weight is 391 g/mol. The Morgan fingerprint density at radius 3 is 2.73 bits per heavy atom. The number of thiazole rings is 1. The van der Waals surface area contributed by atoms with Crippen LogP contribution in [-0.4, -0.2) is 28.0 Å². The summed E-state index contributed by atoms with van der Waals surface area (Å²) in [7, 11) is 1.27. The van der Waals surface area contributed by atoms with Crippen LogP contribution in [0.15, 0.2) is 39.5 Å². The van der Waals surface area contributed by atoms with Crippen LogP contribution in [0.4, 0.5) is 4.39 Å². The molecule has 0 saturated heterocycles. The van der Waals surface area contributed by atoms with Gasteiger partial charge in [-0.1, -0.05) is 11.8 Å². The summed E-state index contributed by atoms with van der Waals surface area (Å²) in [5.41, 5.74) is 1.72. The molecule has 0 radical (unpaired) electrons. The van der Waals surface area contributed by atoms with Gasteiger partial charge < -0.3 is 9.72 Å². The van der Waals surface area contributed by atoms with Crippen LogP contribution in [0.1, 0.15) is 21.7 Å². The molecule has 0 amide bonds. The molecule has 26 heavy (non-hydrogen) atoms. The molecular formula is C17H14FN3O3S2. The fraction of sp³-hybridized carbons (Fsp3) is 0.176. The van der Waals surface area contributed by atoms with Crippen LogP contribution in [0, 0.1) is 12.7 Å². The molecule has 0 aliphatic heterocycles. The summed E-state index contributed by atoms with van der Waals surface area (Å²) in [6.07, 6.45) is 0. The number of benzene rings is 1. The van der Waals surface area contributed by atoms with Gasteiger partial charge >= 0.3 is 11.7 Å². The number of rotatable bonds is 5. The van der Waals surface area contributed by atoms with Gasteiger partial charge in [0.2, 0.25) is 0 Å². The maximum Gasteiger partial charge on any atom is 0.346 e. The van der Waals surface area contributed by atoms with Crippen LogP contribution in [-0.2, 0) is 10.5 Å². The van der Waals surface area contributed by atoms with Gasteiger partial charge in [0.1, 0.15) is 21.4 Å². The monoisotopic (exact) mass is 391 g/mol. The van der Waals surface area contributed by atoms with Gasteiger partial charge in [-0.3, -0.25) is 0 Å². The van der Waals surface area contributed by atoms with Crippen molar-refractivity contribution in [1.29, 1.82) is 0 Å². The number of carbonyl (C=O) groups excluding carboxylic acids is 1. The zero-order valence-electron chi connectivity index (χ0n) is 13.9. The summed E-state index contributed by atoms with van der Waals surface area (Å²) in [5, 5.41) is 2.95. The minimum Gasteiger partial charge on any atom is -0.465 e. The van der Waals surface area contributed by atoms with Gasteiger partial charge in [-0.15, -0.1) is 11.3 Å². The quantitative estimate of drug-likeness (QED) is 0.408. The maximum atomic E-state index is 13.0. The van der Waals surface area contributed by atoms with E-state index in [1.807, 2.05) is 5.38 Å². The molecule has 0 unspecified atom stereocenters. The Balaban J connectivity index is 1.81. The first kappa shape index (κ1) is 18.3. The molecule has 0 bridgehead atoms. The second-order valence-electron chi connectivity index (χ2n) is 5.28. The number of ether oxygens (including phenoxy) is 1. The van der Waals surface area contributed by atoms with Crippen molar-refractivity contribution in [3.63, 3.8) is 0 Å².